The van der Waals surface area contributed by atoms with Gasteiger partial charge in [0, 0.05) is 35.0 Å². The maximum absolute atomic E-state index is 13.7. The second-order valence-electron chi connectivity index (χ2n) is 9.03. The molecule has 200 valence electrons. The molecule has 0 spiro atoms. The first-order valence-corrected chi connectivity index (χ1v) is 13.1. The molecule has 4 aromatic rings. The Morgan fingerprint density at radius 2 is 1.79 bits per heavy atom. The van der Waals surface area contributed by atoms with Gasteiger partial charge in [-0.15, -0.1) is 0 Å². The highest BCUT2D eigenvalue weighted by molar-refractivity contribution is 9.10. The molecule has 10 heteroatoms. The summed E-state index contributed by atoms with van der Waals surface area (Å²) in [5.74, 6) is -2.43. The van der Waals surface area contributed by atoms with Crippen molar-refractivity contribution in [2.24, 2.45) is 0 Å². The lowest BCUT2D eigenvalue weighted by molar-refractivity contribution is -0.145. The van der Waals surface area contributed by atoms with Crippen LogP contribution in [0.25, 0.3) is 0 Å². The zero-order valence-electron chi connectivity index (χ0n) is 21.1. The number of aromatic amines is 1. The molecule has 1 atom stereocenters. The minimum absolute atomic E-state index is 0.122. The van der Waals surface area contributed by atoms with Crippen LogP contribution in [0.4, 0.5) is 10.1 Å². The molecular formula is C29H25BrClFN4O3. The van der Waals surface area contributed by atoms with Crippen LogP contribution in [-0.2, 0) is 16.1 Å². The van der Waals surface area contributed by atoms with Crippen LogP contribution in [0.2, 0.25) is 5.02 Å². The number of amides is 3. The number of nitrogens with zero attached hydrogens (tertiary/aromatic N) is 1. The van der Waals surface area contributed by atoms with E-state index in [4.69, 9.17) is 11.6 Å². The van der Waals surface area contributed by atoms with Gasteiger partial charge in [0.15, 0.2) is 0 Å². The fourth-order valence-corrected chi connectivity index (χ4v) is 4.61. The summed E-state index contributed by atoms with van der Waals surface area (Å²) in [5.41, 5.74) is 3.81. The van der Waals surface area contributed by atoms with Gasteiger partial charge in [-0.1, -0.05) is 59.6 Å². The number of carbonyl (C=O) groups is 3. The number of aryl methyl sites for hydroxylation is 1. The predicted molar refractivity (Wildman–Crippen MR) is 152 cm³/mol. The standard InChI is InChI=1S/C29H25BrClFN4O3/c1-17-6-8-19(9-7-17)26(23-11-10-21(32)14-24(23)31)35-28(38)29(39)36(2)16-18-4-3-5-22(12-18)34-27(37)25-13-20(30)15-33-25/h3-15,26,33H,16H2,1-2H3,(H,34,37)(H,35,38). The summed E-state index contributed by atoms with van der Waals surface area (Å²) in [7, 11) is 1.51. The lowest BCUT2D eigenvalue weighted by Crippen LogP contribution is -2.42. The average molecular weight is 612 g/mol. The smallest absolute Gasteiger partial charge is 0.311 e. The molecule has 3 amide bonds. The van der Waals surface area contributed by atoms with Crippen LogP contribution in [0.1, 0.15) is 38.8 Å². The number of likely N-dealkylation sites (N-methyl/N-ethyl adjacent to an activating group) is 1. The van der Waals surface area contributed by atoms with Crippen molar-refractivity contribution in [1.82, 2.24) is 15.2 Å². The SMILES string of the molecule is Cc1ccc(C(NC(=O)C(=O)N(C)Cc2cccc(NC(=O)c3cc(Br)c[nH]3)c2)c2ccc(F)cc2Cl)cc1. The maximum atomic E-state index is 13.7. The first-order chi connectivity index (χ1) is 18.6. The summed E-state index contributed by atoms with van der Waals surface area (Å²) in [5, 5.41) is 5.68. The Hall–Kier alpha value is -3.95. The van der Waals surface area contributed by atoms with Crippen molar-refractivity contribution >= 4 is 50.9 Å². The van der Waals surface area contributed by atoms with Crippen LogP contribution >= 0.6 is 27.5 Å². The molecule has 7 nitrogen and oxygen atoms in total. The lowest BCUT2D eigenvalue weighted by atomic mass is 9.97. The third-order valence-electron chi connectivity index (χ3n) is 6.00. The molecule has 3 N–H and O–H groups in total. The number of rotatable bonds is 7. The van der Waals surface area contributed by atoms with Gasteiger partial charge in [-0.2, -0.15) is 0 Å². The van der Waals surface area contributed by atoms with Crippen LogP contribution in [-0.4, -0.2) is 34.7 Å². The molecule has 39 heavy (non-hydrogen) atoms. The van der Waals surface area contributed by atoms with Crippen LogP contribution in [0.15, 0.2) is 83.5 Å². The molecule has 0 saturated carbocycles. The van der Waals surface area contributed by atoms with Crippen molar-refractivity contribution in [1.29, 1.82) is 0 Å². The van der Waals surface area contributed by atoms with Crippen molar-refractivity contribution < 1.29 is 18.8 Å². The summed E-state index contributed by atoms with van der Waals surface area (Å²) in [6.45, 7) is 2.05. The van der Waals surface area contributed by atoms with Crippen LogP contribution in [0.3, 0.4) is 0 Å². The van der Waals surface area contributed by atoms with Gasteiger partial charge in [-0.05, 0) is 69.9 Å². The quantitative estimate of drug-likeness (QED) is 0.224. The number of anilines is 1. The summed E-state index contributed by atoms with van der Waals surface area (Å²) in [6, 6.07) is 19.2. The Morgan fingerprint density at radius 3 is 2.46 bits per heavy atom. The number of H-pyrrole nitrogens is 1. The zero-order chi connectivity index (χ0) is 28.1. The molecule has 0 aliphatic heterocycles. The molecule has 1 aromatic heterocycles. The first-order valence-electron chi connectivity index (χ1n) is 11.9. The van der Waals surface area contributed by atoms with E-state index in [1.165, 1.54) is 30.1 Å². The van der Waals surface area contributed by atoms with E-state index in [0.29, 0.717) is 28.1 Å². The van der Waals surface area contributed by atoms with Gasteiger partial charge in [0.05, 0.1) is 6.04 Å². The predicted octanol–water partition coefficient (Wildman–Crippen LogP) is 5.99. The van der Waals surface area contributed by atoms with E-state index < -0.39 is 23.7 Å². The van der Waals surface area contributed by atoms with Gasteiger partial charge in [0.1, 0.15) is 11.5 Å². The van der Waals surface area contributed by atoms with E-state index in [0.717, 1.165) is 10.0 Å². The number of nitrogens with one attached hydrogen (secondary N) is 3. The zero-order valence-corrected chi connectivity index (χ0v) is 23.4. The fourth-order valence-electron chi connectivity index (χ4n) is 3.99. The number of carbonyl (C=O) groups excluding carboxylic acids is 3. The Labute approximate surface area is 238 Å². The van der Waals surface area contributed by atoms with E-state index in [1.807, 2.05) is 31.2 Å². The first kappa shape index (κ1) is 28.1. The molecule has 4 rings (SSSR count). The highest BCUT2D eigenvalue weighted by Gasteiger charge is 2.26. The molecule has 0 aliphatic rings. The highest BCUT2D eigenvalue weighted by atomic mass is 79.9. The number of benzene rings is 3. The Morgan fingerprint density at radius 1 is 1.05 bits per heavy atom. The van der Waals surface area contributed by atoms with Crippen molar-refractivity contribution in [3.63, 3.8) is 0 Å². The maximum Gasteiger partial charge on any atom is 0.311 e. The highest BCUT2D eigenvalue weighted by Crippen LogP contribution is 2.29. The third-order valence-corrected chi connectivity index (χ3v) is 6.78. The van der Waals surface area contributed by atoms with Crippen molar-refractivity contribution in [2.45, 2.75) is 19.5 Å². The normalized spacial score (nSPS) is 11.5. The van der Waals surface area contributed by atoms with Crippen molar-refractivity contribution in [3.8, 4) is 0 Å². The Balaban J connectivity index is 1.47. The van der Waals surface area contributed by atoms with Gasteiger partial charge < -0.3 is 20.5 Å². The molecule has 0 aliphatic carbocycles. The fraction of sp³-hybridized carbons (Fsp3) is 0.138. The van der Waals surface area contributed by atoms with Crippen LogP contribution in [0.5, 0.6) is 0 Å². The number of hydrogen-bond acceptors (Lipinski definition) is 3. The van der Waals surface area contributed by atoms with Crippen LogP contribution < -0.4 is 10.6 Å². The van der Waals surface area contributed by atoms with Gasteiger partial charge >= 0.3 is 11.8 Å². The van der Waals surface area contributed by atoms with E-state index in [2.05, 4.69) is 31.5 Å². The molecule has 0 bridgehead atoms. The lowest BCUT2D eigenvalue weighted by Gasteiger charge is -2.23. The Kier molecular flexibility index (Phi) is 8.83. The summed E-state index contributed by atoms with van der Waals surface area (Å²) in [4.78, 5) is 42.7. The molecular weight excluding hydrogens is 587 g/mol. The average Bonchev–Trinajstić information content (AvgIpc) is 3.34. The molecule has 0 radical (unpaired) electrons. The minimum Gasteiger partial charge on any atom is -0.356 e. The minimum atomic E-state index is -0.842. The number of halogens is 3. The second kappa shape index (κ2) is 12.3. The van der Waals surface area contributed by atoms with Gasteiger partial charge in [0.2, 0.25) is 0 Å². The van der Waals surface area contributed by atoms with E-state index in [9.17, 15) is 18.8 Å². The van der Waals surface area contributed by atoms with Crippen molar-refractivity contribution in [2.75, 3.05) is 12.4 Å². The summed E-state index contributed by atoms with van der Waals surface area (Å²) < 4.78 is 14.5. The van der Waals surface area contributed by atoms with E-state index in [1.54, 1.807) is 36.5 Å². The van der Waals surface area contributed by atoms with E-state index in [-0.39, 0.29) is 17.5 Å². The van der Waals surface area contributed by atoms with E-state index >= 15 is 0 Å². The van der Waals surface area contributed by atoms with Gasteiger partial charge in [0.25, 0.3) is 5.91 Å². The van der Waals surface area contributed by atoms with Gasteiger partial charge in [-0.3, -0.25) is 14.4 Å². The summed E-state index contributed by atoms with van der Waals surface area (Å²) >= 11 is 9.61. The van der Waals surface area contributed by atoms with Crippen LogP contribution in [0, 0.1) is 12.7 Å². The third kappa shape index (κ3) is 7.13. The molecule has 3 aromatic carbocycles. The summed E-state index contributed by atoms with van der Waals surface area (Å²) in [6.07, 6.45) is 1.66. The number of aromatic nitrogens is 1. The number of hydrogen-bond donors (Lipinski definition) is 3. The second-order valence-corrected chi connectivity index (χ2v) is 10.4. The molecule has 0 fully saturated rings. The Bertz CT molecular complexity index is 1520. The van der Waals surface area contributed by atoms with Crippen molar-refractivity contribution in [3.05, 3.63) is 122 Å². The van der Waals surface area contributed by atoms with Gasteiger partial charge in [-0.25, -0.2) is 4.39 Å². The monoisotopic (exact) mass is 610 g/mol. The topological polar surface area (TPSA) is 94.3 Å². The molecule has 1 heterocycles. The molecule has 1 unspecified atom stereocenters. The molecule has 0 saturated heterocycles. The largest absolute Gasteiger partial charge is 0.356 e.